The fourth-order valence-electron chi connectivity index (χ4n) is 2.40. The van der Waals surface area contributed by atoms with Crippen LogP contribution in [-0.4, -0.2) is 24.5 Å². The molecule has 5 heteroatoms. The maximum atomic E-state index is 11.6. The molecule has 2 rings (SSSR count). The molecule has 1 saturated carbocycles. The zero-order chi connectivity index (χ0) is 15.9. The highest BCUT2D eigenvalue weighted by atomic mass is 35.5. The number of ether oxygens (including phenoxy) is 1. The lowest BCUT2D eigenvalue weighted by Crippen LogP contribution is -2.35. The van der Waals surface area contributed by atoms with E-state index in [0.29, 0.717) is 5.02 Å². The smallest absolute Gasteiger partial charge is 0.331 e. The Balaban J connectivity index is 1.75. The third-order valence-corrected chi connectivity index (χ3v) is 4.08. The Morgan fingerprint density at radius 3 is 2.77 bits per heavy atom. The summed E-state index contributed by atoms with van der Waals surface area (Å²) >= 11 is 6.01. The molecule has 1 aromatic carbocycles. The molecule has 0 radical (unpaired) electrons. The van der Waals surface area contributed by atoms with Gasteiger partial charge in [-0.25, -0.2) is 4.79 Å². The average molecular weight is 322 g/mol. The molecule has 0 atom stereocenters. The Bertz CT molecular complexity index is 577. The monoisotopic (exact) mass is 321 g/mol. The molecule has 0 heterocycles. The molecule has 0 spiro atoms. The Labute approximate surface area is 135 Å². The van der Waals surface area contributed by atoms with Gasteiger partial charge in [-0.15, -0.1) is 0 Å². The van der Waals surface area contributed by atoms with Gasteiger partial charge in [0.2, 0.25) is 0 Å². The molecular weight excluding hydrogens is 302 g/mol. The van der Waals surface area contributed by atoms with E-state index in [4.69, 9.17) is 16.3 Å². The maximum Gasteiger partial charge on any atom is 0.331 e. The molecule has 0 unspecified atom stereocenters. The lowest BCUT2D eigenvalue weighted by atomic mass is 10.1. The maximum absolute atomic E-state index is 11.6. The van der Waals surface area contributed by atoms with Crippen LogP contribution in [0.25, 0.3) is 6.08 Å². The van der Waals surface area contributed by atoms with E-state index in [2.05, 4.69) is 5.32 Å². The lowest BCUT2D eigenvalue weighted by molar-refractivity contribution is -0.144. The SMILES string of the molecule is Cc1ccc(/C=C/C(=O)OCC(=O)NC2CCCC2)cc1Cl. The van der Waals surface area contributed by atoms with Crippen LogP contribution in [0.1, 0.15) is 36.8 Å². The van der Waals surface area contributed by atoms with Crippen molar-refractivity contribution < 1.29 is 14.3 Å². The van der Waals surface area contributed by atoms with Gasteiger partial charge in [-0.2, -0.15) is 0 Å². The zero-order valence-corrected chi connectivity index (χ0v) is 13.4. The van der Waals surface area contributed by atoms with Gasteiger partial charge in [-0.1, -0.05) is 36.6 Å². The largest absolute Gasteiger partial charge is 0.452 e. The number of carbonyl (C=O) groups is 2. The molecule has 1 aliphatic rings. The van der Waals surface area contributed by atoms with Gasteiger partial charge in [0.15, 0.2) is 6.61 Å². The van der Waals surface area contributed by atoms with E-state index < -0.39 is 5.97 Å². The fourth-order valence-corrected chi connectivity index (χ4v) is 2.59. The second-order valence-corrected chi connectivity index (χ2v) is 5.91. The first-order valence-electron chi connectivity index (χ1n) is 7.45. The summed E-state index contributed by atoms with van der Waals surface area (Å²) in [5, 5.41) is 3.51. The van der Waals surface area contributed by atoms with Crippen LogP contribution in [-0.2, 0) is 14.3 Å². The quantitative estimate of drug-likeness (QED) is 0.669. The average Bonchev–Trinajstić information content (AvgIpc) is 2.99. The molecule has 1 amide bonds. The van der Waals surface area contributed by atoms with Gasteiger partial charge in [-0.3, -0.25) is 4.79 Å². The summed E-state index contributed by atoms with van der Waals surface area (Å²) in [5.74, 6) is -0.787. The number of hydrogen-bond donors (Lipinski definition) is 1. The number of amides is 1. The number of esters is 1. The minimum absolute atomic E-state index is 0.233. The Morgan fingerprint density at radius 2 is 2.09 bits per heavy atom. The highest BCUT2D eigenvalue weighted by molar-refractivity contribution is 6.31. The predicted molar refractivity (Wildman–Crippen MR) is 86.6 cm³/mol. The number of nitrogens with one attached hydrogen (secondary N) is 1. The fraction of sp³-hybridized carbons (Fsp3) is 0.412. The topological polar surface area (TPSA) is 55.4 Å². The van der Waals surface area contributed by atoms with Gasteiger partial charge in [0.25, 0.3) is 5.91 Å². The molecule has 0 saturated heterocycles. The van der Waals surface area contributed by atoms with Gasteiger partial charge in [-0.05, 0) is 43.0 Å². The summed E-state index contributed by atoms with van der Waals surface area (Å²) in [6.45, 7) is 1.67. The van der Waals surface area contributed by atoms with Crippen LogP contribution in [0, 0.1) is 6.92 Å². The van der Waals surface area contributed by atoms with E-state index in [0.717, 1.165) is 36.8 Å². The molecular formula is C17H20ClNO3. The van der Waals surface area contributed by atoms with Gasteiger partial charge in [0.05, 0.1) is 0 Å². The van der Waals surface area contributed by atoms with Crippen LogP contribution in [0.3, 0.4) is 0 Å². The number of aryl methyl sites for hydroxylation is 1. The van der Waals surface area contributed by atoms with Crippen LogP contribution in [0.4, 0.5) is 0 Å². The van der Waals surface area contributed by atoms with Crippen molar-refractivity contribution in [3.05, 3.63) is 40.4 Å². The first-order chi connectivity index (χ1) is 10.5. The molecule has 1 fully saturated rings. The van der Waals surface area contributed by atoms with Crippen molar-refractivity contribution in [2.45, 2.75) is 38.6 Å². The molecule has 1 aliphatic carbocycles. The Morgan fingerprint density at radius 1 is 1.36 bits per heavy atom. The highest BCUT2D eigenvalue weighted by Gasteiger charge is 2.17. The van der Waals surface area contributed by atoms with E-state index in [1.54, 1.807) is 12.1 Å². The van der Waals surface area contributed by atoms with Crippen molar-refractivity contribution in [3.8, 4) is 0 Å². The van der Waals surface area contributed by atoms with Crippen LogP contribution < -0.4 is 5.32 Å². The molecule has 0 aliphatic heterocycles. The van der Waals surface area contributed by atoms with E-state index >= 15 is 0 Å². The molecule has 0 bridgehead atoms. The first kappa shape index (κ1) is 16.6. The molecule has 1 aromatic rings. The number of rotatable bonds is 5. The molecule has 1 N–H and O–H groups in total. The van der Waals surface area contributed by atoms with Crippen molar-refractivity contribution in [2.24, 2.45) is 0 Å². The third kappa shape index (κ3) is 5.19. The van der Waals surface area contributed by atoms with Crippen molar-refractivity contribution in [2.75, 3.05) is 6.61 Å². The van der Waals surface area contributed by atoms with Crippen molar-refractivity contribution >= 4 is 29.6 Å². The molecule has 4 nitrogen and oxygen atoms in total. The minimum Gasteiger partial charge on any atom is -0.452 e. The van der Waals surface area contributed by atoms with Crippen molar-refractivity contribution in [1.82, 2.24) is 5.32 Å². The van der Waals surface area contributed by atoms with Crippen LogP contribution in [0.15, 0.2) is 24.3 Å². The van der Waals surface area contributed by atoms with Crippen molar-refractivity contribution in [3.63, 3.8) is 0 Å². The van der Waals surface area contributed by atoms with Gasteiger partial charge in [0, 0.05) is 17.1 Å². The second-order valence-electron chi connectivity index (χ2n) is 5.50. The van der Waals surface area contributed by atoms with Crippen LogP contribution >= 0.6 is 11.6 Å². The van der Waals surface area contributed by atoms with Crippen LogP contribution in [0.5, 0.6) is 0 Å². The Kier molecular flexibility index (Phi) is 6.01. The second kappa shape index (κ2) is 7.99. The number of carbonyl (C=O) groups excluding carboxylic acids is 2. The summed E-state index contributed by atoms with van der Waals surface area (Å²) in [4.78, 5) is 23.2. The molecule has 0 aromatic heterocycles. The molecule has 22 heavy (non-hydrogen) atoms. The van der Waals surface area contributed by atoms with E-state index in [1.165, 1.54) is 6.08 Å². The van der Waals surface area contributed by atoms with Crippen LogP contribution in [0.2, 0.25) is 5.02 Å². The standard InChI is InChI=1S/C17H20ClNO3/c1-12-6-7-13(10-15(12)18)8-9-17(21)22-11-16(20)19-14-4-2-3-5-14/h6-10,14H,2-5,11H2,1H3,(H,19,20)/b9-8+. The Hall–Kier alpha value is -1.81. The summed E-state index contributed by atoms with van der Waals surface area (Å²) in [6, 6.07) is 5.74. The predicted octanol–water partition coefficient (Wildman–Crippen LogP) is 3.26. The van der Waals surface area contributed by atoms with E-state index in [9.17, 15) is 9.59 Å². The van der Waals surface area contributed by atoms with Gasteiger partial charge < -0.3 is 10.1 Å². The normalized spacial score (nSPS) is 15.2. The van der Waals surface area contributed by atoms with Gasteiger partial charge >= 0.3 is 5.97 Å². The summed E-state index contributed by atoms with van der Waals surface area (Å²) < 4.78 is 4.92. The zero-order valence-electron chi connectivity index (χ0n) is 12.6. The highest BCUT2D eigenvalue weighted by Crippen LogP contribution is 2.18. The first-order valence-corrected chi connectivity index (χ1v) is 7.83. The summed E-state index contributed by atoms with van der Waals surface area (Å²) in [7, 11) is 0. The summed E-state index contributed by atoms with van der Waals surface area (Å²) in [6.07, 6.45) is 7.22. The molecule has 118 valence electrons. The number of benzene rings is 1. The van der Waals surface area contributed by atoms with E-state index in [1.807, 2.05) is 19.1 Å². The lowest BCUT2D eigenvalue weighted by Gasteiger charge is -2.11. The van der Waals surface area contributed by atoms with Gasteiger partial charge in [0.1, 0.15) is 0 Å². The number of halogens is 1. The minimum atomic E-state index is -0.543. The van der Waals surface area contributed by atoms with Crippen molar-refractivity contribution in [1.29, 1.82) is 0 Å². The van der Waals surface area contributed by atoms with E-state index in [-0.39, 0.29) is 18.6 Å². The number of hydrogen-bond acceptors (Lipinski definition) is 3. The third-order valence-electron chi connectivity index (χ3n) is 3.67. The summed E-state index contributed by atoms with van der Waals surface area (Å²) in [5.41, 5.74) is 1.79.